The molecule has 4 heterocycles. The van der Waals surface area contributed by atoms with Crippen molar-refractivity contribution < 1.29 is 27.1 Å². The third-order valence-electron chi connectivity index (χ3n) is 8.59. The summed E-state index contributed by atoms with van der Waals surface area (Å²) in [6, 6.07) is 15.7. The average Bonchev–Trinajstić information content (AvgIpc) is 3.05. The number of ether oxygens (including phenoxy) is 2. The molecule has 49 heavy (non-hydrogen) atoms. The third kappa shape index (κ3) is 7.83. The minimum atomic E-state index is -4.23. The molecule has 0 radical (unpaired) electrons. The second-order valence-electron chi connectivity index (χ2n) is 13.7. The molecule has 0 unspecified atom stereocenters. The Morgan fingerprint density at radius 3 is 2.39 bits per heavy atom. The SMILES string of the molecule is Cc1cccc(C)c1-c1cc2nc(n1)NS(=O)(=O)c1cccc(c1)C(=O)N(Cc1nc(N3CCOCC3)ccc1F)[C@H](CC(C)(C)C)CO2. The van der Waals surface area contributed by atoms with Crippen LogP contribution in [0.5, 0.6) is 5.88 Å². The van der Waals surface area contributed by atoms with E-state index in [-0.39, 0.29) is 46.5 Å². The predicted octanol–water partition coefficient (Wildman–Crippen LogP) is 5.77. The molecule has 4 aromatic rings. The lowest BCUT2D eigenvalue weighted by Crippen LogP contribution is -2.45. The molecule has 1 fully saturated rings. The summed E-state index contributed by atoms with van der Waals surface area (Å²) in [5.74, 6) is -0.486. The van der Waals surface area contributed by atoms with E-state index in [1.807, 2.05) is 57.7 Å². The molecule has 2 aliphatic heterocycles. The molecule has 1 N–H and O–H groups in total. The summed E-state index contributed by atoms with van der Waals surface area (Å²) in [5, 5.41) is 0. The molecule has 258 valence electrons. The highest BCUT2D eigenvalue weighted by Crippen LogP contribution is 2.32. The quantitative estimate of drug-likeness (QED) is 0.278. The first-order valence-electron chi connectivity index (χ1n) is 16.3. The fourth-order valence-corrected chi connectivity index (χ4v) is 7.25. The number of pyridine rings is 1. The van der Waals surface area contributed by atoms with E-state index in [1.165, 1.54) is 29.2 Å². The van der Waals surface area contributed by atoms with Gasteiger partial charge in [-0.3, -0.25) is 4.79 Å². The lowest BCUT2D eigenvalue weighted by atomic mass is 9.87. The number of nitrogens with zero attached hydrogens (tertiary/aromatic N) is 5. The number of anilines is 2. The monoisotopic (exact) mass is 688 g/mol. The zero-order valence-electron chi connectivity index (χ0n) is 28.4. The van der Waals surface area contributed by atoms with Crippen molar-refractivity contribution in [1.29, 1.82) is 0 Å². The molecular formula is C36H41FN6O5S. The third-order valence-corrected chi connectivity index (χ3v) is 9.92. The number of amides is 1. The largest absolute Gasteiger partial charge is 0.475 e. The Morgan fingerprint density at radius 2 is 1.67 bits per heavy atom. The molecular weight excluding hydrogens is 647 g/mol. The number of benzene rings is 2. The Balaban J connectivity index is 1.48. The number of carbonyl (C=O) groups excluding carboxylic acids is 1. The van der Waals surface area contributed by atoms with E-state index in [0.29, 0.717) is 44.2 Å². The summed E-state index contributed by atoms with van der Waals surface area (Å²) in [4.78, 5) is 31.6. The van der Waals surface area contributed by atoms with Crippen LogP contribution in [0.4, 0.5) is 16.2 Å². The van der Waals surface area contributed by atoms with Crippen molar-refractivity contribution in [2.24, 2.45) is 5.41 Å². The number of nitrogens with one attached hydrogen (secondary N) is 1. The first-order valence-corrected chi connectivity index (χ1v) is 17.8. The van der Waals surface area contributed by atoms with Crippen LogP contribution in [0.15, 0.2) is 65.6 Å². The van der Waals surface area contributed by atoms with Crippen molar-refractivity contribution in [3.63, 3.8) is 0 Å². The van der Waals surface area contributed by atoms with E-state index < -0.39 is 27.8 Å². The summed E-state index contributed by atoms with van der Waals surface area (Å²) in [6.07, 6.45) is 0.474. The summed E-state index contributed by atoms with van der Waals surface area (Å²) in [6.45, 7) is 12.2. The van der Waals surface area contributed by atoms with Gasteiger partial charge in [0.05, 0.1) is 42.1 Å². The molecule has 1 atom stereocenters. The molecule has 2 aliphatic rings. The lowest BCUT2D eigenvalue weighted by molar-refractivity contribution is 0.0506. The highest BCUT2D eigenvalue weighted by Gasteiger charge is 2.32. The Hall–Kier alpha value is -4.62. The van der Waals surface area contributed by atoms with Gasteiger partial charge in [-0.05, 0) is 67.1 Å². The molecule has 0 spiro atoms. The molecule has 6 rings (SSSR count). The highest BCUT2D eigenvalue weighted by atomic mass is 32.2. The summed E-state index contributed by atoms with van der Waals surface area (Å²) < 4.78 is 57.2. The first-order chi connectivity index (χ1) is 23.3. The van der Waals surface area contributed by atoms with Crippen molar-refractivity contribution in [3.05, 3.63) is 88.9 Å². The smallest absolute Gasteiger partial charge is 0.264 e. The summed E-state index contributed by atoms with van der Waals surface area (Å²) in [5.41, 5.74) is 3.12. The van der Waals surface area contributed by atoms with Gasteiger partial charge in [0.25, 0.3) is 15.9 Å². The minimum Gasteiger partial charge on any atom is -0.475 e. The molecule has 0 saturated carbocycles. The van der Waals surface area contributed by atoms with Crippen molar-refractivity contribution in [2.45, 2.75) is 58.5 Å². The van der Waals surface area contributed by atoms with Crippen molar-refractivity contribution in [3.8, 4) is 17.1 Å². The summed E-state index contributed by atoms with van der Waals surface area (Å²) >= 11 is 0. The molecule has 2 aromatic carbocycles. The minimum absolute atomic E-state index is 0.0110. The van der Waals surface area contributed by atoms with Gasteiger partial charge in [-0.15, -0.1) is 0 Å². The van der Waals surface area contributed by atoms with Crippen LogP contribution in [-0.2, 0) is 21.3 Å². The zero-order valence-corrected chi connectivity index (χ0v) is 29.2. The van der Waals surface area contributed by atoms with Gasteiger partial charge in [-0.1, -0.05) is 45.0 Å². The number of rotatable bonds is 5. The van der Waals surface area contributed by atoms with E-state index >= 15 is 4.39 Å². The fourth-order valence-electron chi connectivity index (χ4n) is 6.26. The van der Waals surface area contributed by atoms with E-state index in [1.54, 1.807) is 18.2 Å². The van der Waals surface area contributed by atoms with Crippen LogP contribution in [0, 0.1) is 25.1 Å². The van der Waals surface area contributed by atoms with Gasteiger partial charge in [0, 0.05) is 30.3 Å². The van der Waals surface area contributed by atoms with Gasteiger partial charge in [-0.25, -0.2) is 27.5 Å². The Bertz CT molecular complexity index is 1960. The highest BCUT2D eigenvalue weighted by molar-refractivity contribution is 7.92. The number of halogens is 1. The number of aromatic nitrogens is 3. The first kappa shape index (κ1) is 34.3. The number of hydrogen-bond donors (Lipinski definition) is 1. The standard InChI is InChI=1S/C36H41FN6O5S/c1-23-8-6-9-24(2)33(23)29-19-32-40-35(39-29)41-49(45,46)27-11-7-10-25(18-27)34(44)43(26(22-48-32)20-36(3,4)5)21-30-28(37)12-13-31(38-30)42-14-16-47-17-15-42/h6-13,18-19,26H,14-17,20-22H2,1-5H3,(H,39,40,41)/t26-/m1/s1. The number of hydrogen-bond acceptors (Lipinski definition) is 9. The number of aryl methyl sites for hydroxylation is 2. The van der Waals surface area contributed by atoms with Crippen LogP contribution in [0.2, 0.25) is 0 Å². The maximum absolute atomic E-state index is 15.5. The topological polar surface area (TPSA) is 127 Å². The van der Waals surface area contributed by atoms with E-state index in [9.17, 15) is 13.2 Å². The van der Waals surface area contributed by atoms with Gasteiger partial charge in [0.2, 0.25) is 11.8 Å². The van der Waals surface area contributed by atoms with Crippen LogP contribution >= 0.6 is 0 Å². The van der Waals surface area contributed by atoms with E-state index in [4.69, 9.17) is 9.47 Å². The Labute approximate surface area is 286 Å². The van der Waals surface area contributed by atoms with Gasteiger partial charge < -0.3 is 19.3 Å². The Morgan fingerprint density at radius 1 is 0.959 bits per heavy atom. The van der Waals surface area contributed by atoms with Crippen LogP contribution < -0.4 is 14.4 Å². The molecule has 2 aromatic heterocycles. The number of morpholine rings is 1. The molecule has 1 saturated heterocycles. The maximum atomic E-state index is 15.5. The number of sulfonamides is 1. The van der Waals surface area contributed by atoms with E-state index in [2.05, 4.69) is 19.7 Å². The van der Waals surface area contributed by atoms with E-state index in [0.717, 1.165) is 16.7 Å². The molecule has 13 heteroatoms. The molecule has 0 aliphatic carbocycles. The van der Waals surface area contributed by atoms with Crippen LogP contribution in [0.3, 0.4) is 0 Å². The average molecular weight is 689 g/mol. The van der Waals surface area contributed by atoms with Crippen molar-refractivity contribution >= 4 is 27.7 Å². The second-order valence-corrected chi connectivity index (χ2v) is 15.4. The van der Waals surface area contributed by atoms with Gasteiger partial charge >= 0.3 is 0 Å². The second kappa shape index (κ2) is 13.7. The predicted molar refractivity (Wildman–Crippen MR) is 185 cm³/mol. The molecule has 11 nitrogen and oxygen atoms in total. The van der Waals surface area contributed by atoms with Crippen LogP contribution in [-0.4, -0.2) is 73.1 Å². The molecule has 1 amide bonds. The summed E-state index contributed by atoms with van der Waals surface area (Å²) in [7, 11) is -4.23. The van der Waals surface area contributed by atoms with Crippen molar-refractivity contribution in [1.82, 2.24) is 19.9 Å². The Kier molecular flexibility index (Phi) is 9.58. The molecule has 4 bridgehead atoms. The number of carbonyl (C=O) groups is 1. The number of fused-ring (bicyclic) bond motifs is 4. The maximum Gasteiger partial charge on any atom is 0.264 e. The van der Waals surface area contributed by atoms with Gasteiger partial charge in [0.1, 0.15) is 18.2 Å². The van der Waals surface area contributed by atoms with Gasteiger partial charge in [0.15, 0.2) is 0 Å². The van der Waals surface area contributed by atoms with Crippen LogP contribution in [0.1, 0.15) is 54.4 Å². The van der Waals surface area contributed by atoms with Crippen molar-refractivity contribution in [2.75, 3.05) is 42.5 Å². The van der Waals surface area contributed by atoms with Gasteiger partial charge in [-0.2, -0.15) is 4.98 Å². The lowest BCUT2D eigenvalue weighted by Gasteiger charge is -2.36. The van der Waals surface area contributed by atoms with Crippen LogP contribution in [0.25, 0.3) is 11.3 Å². The normalized spacial score (nSPS) is 18.1. The zero-order chi connectivity index (χ0) is 34.9. The fraction of sp³-hybridized carbons (Fsp3) is 0.389.